The summed E-state index contributed by atoms with van der Waals surface area (Å²) >= 11 is 0. The lowest BCUT2D eigenvalue weighted by molar-refractivity contribution is 0.220. The molecule has 2 heterocycles. The summed E-state index contributed by atoms with van der Waals surface area (Å²) in [6.45, 7) is 6.50. The van der Waals surface area contributed by atoms with Gasteiger partial charge < -0.3 is 20.4 Å². The lowest BCUT2D eigenvalue weighted by Gasteiger charge is -2.26. The molecule has 2 aliphatic rings. The summed E-state index contributed by atoms with van der Waals surface area (Å²) in [4.78, 5) is 16.6. The zero-order valence-corrected chi connectivity index (χ0v) is 14.8. The number of piperidine rings is 1. The quantitative estimate of drug-likeness (QED) is 0.830. The predicted molar refractivity (Wildman–Crippen MR) is 98.4 cm³/mol. The highest BCUT2D eigenvalue weighted by molar-refractivity contribution is 5.73. The Morgan fingerprint density at radius 1 is 1.08 bits per heavy atom. The number of hydrogen-bond acceptors (Lipinski definition) is 3. The minimum absolute atomic E-state index is 0.0720. The van der Waals surface area contributed by atoms with Gasteiger partial charge in [-0.2, -0.15) is 0 Å². The number of rotatable bonds is 6. The summed E-state index contributed by atoms with van der Waals surface area (Å²) < 4.78 is 13.0. The molecule has 0 unspecified atom stereocenters. The number of hydrogen-bond donors (Lipinski definition) is 2. The van der Waals surface area contributed by atoms with E-state index in [2.05, 4.69) is 20.4 Å². The van der Waals surface area contributed by atoms with Crippen LogP contribution in [0.4, 0.5) is 14.9 Å². The fourth-order valence-electron chi connectivity index (χ4n) is 3.70. The molecule has 2 fully saturated rings. The molecular formula is C19H29FN4O. The number of anilines is 1. The van der Waals surface area contributed by atoms with E-state index in [1.54, 1.807) is 0 Å². The Kier molecular flexibility index (Phi) is 6.50. The van der Waals surface area contributed by atoms with E-state index < -0.39 is 0 Å². The van der Waals surface area contributed by atoms with Crippen molar-refractivity contribution in [1.29, 1.82) is 0 Å². The van der Waals surface area contributed by atoms with Gasteiger partial charge in [-0.1, -0.05) is 6.42 Å². The van der Waals surface area contributed by atoms with Crippen LogP contribution in [-0.4, -0.2) is 56.7 Å². The van der Waals surface area contributed by atoms with Crippen molar-refractivity contribution >= 4 is 11.7 Å². The topological polar surface area (TPSA) is 47.6 Å². The second kappa shape index (κ2) is 9.04. The number of benzene rings is 1. The smallest absolute Gasteiger partial charge is 0.314 e. The van der Waals surface area contributed by atoms with Crippen molar-refractivity contribution < 1.29 is 9.18 Å². The van der Waals surface area contributed by atoms with Crippen molar-refractivity contribution in [3.8, 4) is 0 Å². The van der Waals surface area contributed by atoms with Gasteiger partial charge in [0.2, 0.25) is 0 Å². The number of halogens is 1. The van der Waals surface area contributed by atoms with Crippen LogP contribution in [0, 0.1) is 11.7 Å². The summed E-state index contributed by atoms with van der Waals surface area (Å²) in [5, 5.41) is 5.94. The van der Waals surface area contributed by atoms with Crippen molar-refractivity contribution in [1.82, 2.24) is 15.5 Å². The van der Waals surface area contributed by atoms with Crippen molar-refractivity contribution in [3.05, 3.63) is 30.1 Å². The normalized spacial score (nSPS) is 21.3. The highest BCUT2D eigenvalue weighted by Crippen LogP contribution is 2.23. The first-order chi connectivity index (χ1) is 12.2. The SMILES string of the molecule is O=C(NCCN1CCCCC1)NC[C@H]1CCN(c2ccc(F)cc2)C1. The number of carbonyl (C=O) groups excluding carboxylic acids is 1. The third-order valence-corrected chi connectivity index (χ3v) is 5.19. The summed E-state index contributed by atoms with van der Waals surface area (Å²) in [6.07, 6.45) is 4.93. The molecule has 1 aromatic carbocycles. The molecule has 0 spiro atoms. The number of amides is 2. The van der Waals surface area contributed by atoms with Gasteiger partial charge in [-0.25, -0.2) is 9.18 Å². The van der Waals surface area contributed by atoms with Gasteiger partial charge in [-0.15, -0.1) is 0 Å². The molecule has 3 rings (SSSR count). The van der Waals surface area contributed by atoms with E-state index in [1.165, 1.54) is 31.4 Å². The first kappa shape index (κ1) is 18.0. The lowest BCUT2D eigenvalue weighted by atomic mass is 10.1. The van der Waals surface area contributed by atoms with Crippen LogP contribution in [0.5, 0.6) is 0 Å². The lowest BCUT2D eigenvalue weighted by Crippen LogP contribution is -2.43. The fourth-order valence-corrected chi connectivity index (χ4v) is 3.70. The minimum Gasteiger partial charge on any atom is -0.371 e. The molecule has 0 saturated carbocycles. The van der Waals surface area contributed by atoms with Crippen LogP contribution in [-0.2, 0) is 0 Å². The van der Waals surface area contributed by atoms with Crippen molar-refractivity contribution in [2.75, 3.05) is 50.7 Å². The zero-order chi connectivity index (χ0) is 17.5. The molecule has 2 N–H and O–H groups in total. The van der Waals surface area contributed by atoms with Crippen LogP contribution in [0.2, 0.25) is 0 Å². The predicted octanol–water partition coefficient (Wildman–Crippen LogP) is 2.44. The van der Waals surface area contributed by atoms with Crippen LogP contribution >= 0.6 is 0 Å². The van der Waals surface area contributed by atoms with E-state index in [1.807, 2.05) is 12.1 Å². The van der Waals surface area contributed by atoms with Gasteiger partial charge in [0.1, 0.15) is 5.82 Å². The average Bonchev–Trinajstić information content (AvgIpc) is 3.10. The summed E-state index contributed by atoms with van der Waals surface area (Å²) in [5.41, 5.74) is 1.05. The summed E-state index contributed by atoms with van der Waals surface area (Å²) in [5.74, 6) is 0.236. The molecule has 2 amide bonds. The van der Waals surface area contributed by atoms with E-state index in [0.29, 0.717) is 19.0 Å². The van der Waals surface area contributed by atoms with Crippen molar-refractivity contribution in [2.45, 2.75) is 25.7 Å². The van der Waals surface area contributed by atoms with Gasteiger partial charge in [-0.3, -0.25) is 0 Å². The Morgan fingerprint density at radius 2 is 1.84 bits per heavy atom. The highest BCUT2D eigenvalue weighted by Gasteiger charge is 2.23. The molecule has 0 radical (unpaired) electrons. The average molecular weight is 348 g/mol. The molecule has 138 valence electrons. The van der Waals surface area contributed by atoms with Crippen LogP contribution in [0.1, 0.15) is 25.7 Å². The number of urea groups is 1. The van der Waals surface area contributed by atoms with Gasteiger partial charge in [0.05, 0.1) is 0 Å². The number of likely N-dealkylation sites (tertiary alicyclic amines) is 1. The molecule has 0 bridgehead atoms. The van der Waals surface area contributed by atoms with Crippen LogP contribution in [0.3, 0.4) is 0 Å². The Hall–Kier alpha value is -1.82. The van der Waals surface area contributed by atoms with Crippen molar-refractivity contribution in [3.63, 3.8) is 0 Å². The summed E-state index contributed by atoms with van der Waals surface area (Å²) in [6, 6.07) is 6.56. The molecule has 5 nitrogen and oxygen atoms in total. The number of carbonyl (C=O) groups is 1. The molecule has 1 aromatic rings. The van der Waals surface area contributed by atoms with Gasteiger partial charge in [-0.05, 0) is 62.5 Å². The standard InChI is InChI=1S/C19H29FN4O/c20-17-4-6-18(7-5-17)24-12-8-16(15-24)14-22-19(25)21-9-13-23-10-2-1-3-11-23/h4-7,16H,1-3,8-15H2,(H2,21,22,25)/t16-/m1/s1. The molecule has 25 heavy (non-hydrogen) atoms. The van der Waals surface area contributed by atoms with Crippen LogP contribution in [0.25, 0.3) is 0 Å². The molecule has 0 aromatic heterocycles. The van der Waals surface area contributed by atoms with E-state index in [9.17, 15) is 9.18 Å². The van der Waals surface area contributed by atoms with E-state index >= 15 is 0 Å². The largest absolute Gasteiger partial charge is 0.371 e. The molecule has 2 aliphatic heterocycles. The van der Waals surface area contributed by atoms with Gasteiger partial charge in [0.15, 0.2) is 0 Å². The van der Waals surface area contributed by atoms with E-state index in [0.717, 1.165) is 44.8 Å². The van der Waals surface area contributed by atoms with Gasteiger partial charge in [0, 0.05) is 38.4 Å². The molecular weight excluding hydrogens is 319 g/mol. The van der Waals surface area contributed by atoms with E-state index in [4.69, 9.17) is 0 Å². The van der Waals surface area contributed by atoms with E-state index in [-0.39, 0.29) is 11.8 Å². The fraction of sp³-hybridized carbons (Fsp3) is 0.632. The Balaban J connectivity index is 1.30. The molecule has 2 saturated heterocycles. The third-order valence-electron chi connectivity index (χ3n) is 5.19. The first-order valence-corrected chi connectivity index (χ1v) is 9.45. The number of nitrogens with one attached hydrogen (secondary N) is 2. The molecule has 0 aliphatic carbocycles. The maximum atomic E-state index is 13.0. The zero-order valence-electron chi connectivity index (χ0n) is 14.8. The maximum absolute atomic E-state index is 13.0. The highest BCUT2D eigenvalue weighted by atomic mass is 19.1. The van der Waals surface area contributed by atoms with Crippen LogP contribution < -0.4 is 15.5 Å². The second-order valence-electron chi connectivity index (χ2n) is 7.12. The Bertz CT molecular complexity index is 545. The monoisotopic (exact) mass is 348 g/mol. The van der Waals surface area contributed by atoms with Gasteiger partial charge in [0.25, 0.3) is 0 Å². The Labute approximate surface area is 149 Å². The molecule has 1 atom stereocenters. The number of nitrogens with zero attached hydrogens (tertiary/aromatic N) is 2. The van der Waals surface area contributed by atoms with Crippen LogP contribution in [0.15, 0.2) is 24.3 Å². The maximum Gasteiger partial charge on any atom is 0.314 e. The van der Waals surface area contributed by atoms with Gasteiger partial charge >= 0.3 is 6.03 Å². The minimum atomic E-state index is -0.206. The third kappa shape index (κ3) is 5.59. The Morgan fingerprint density at radius 3 is 2.60 bits per heavy atom. The molecule has 6 heteroatoms. The van der Waals surface area contributed by atoms with Crippen molar-refractivity contribution in [2.24, 2.45) is 5.92 Å². The first-order valence-electron chi connectivity index (χ1n) is 9.45. The summed E-state index contributed by atoms with van der Waals surface area (Å²) in [7, 11) is 0. The second-order valence-corrected chi connectivity index (χ2v) is 7.12.